The van der Waals surface area contributed by atoms with Crippen LogP contribution in [0, 0.1) is 0 Å². The highest BCUT2D eigenvalue weighted by Crippen LogP contribution is 2.28. The van der Waals surface area contributed by atoms with E-state index in [0.717, 1.165) is 16.6 Å². The van der Waals surface area contributed by atoms with Gasteiger partial charge < -0.3 is 15.5 Å². The third-order valence-corrected chi connectivity index (χ3v) is 3.44. The predicted molar refractivity (Wildman–Crippen MR) is 85.7 cm³/mol. The van der Waals surface area contributed by atoms with Gasteiger partial charge >= 0.3 is 0 Å². The minimum absolute atomic E-state index is 0.465. The van der Waals surface area contributed by atoms with Crippen LogP contribution in [0.1, 0.15) is 0 Å². The molecule has 0 spiro atoms. The van der Waals surface area contributed by atoms with E-state index in [2.05, 4.69) is 28.5 Å². The van der Waals surface area contributed by atoms with Gasteiger partial charge in [-0.2, -0.15) is 4.98 Å². The fourth-order valence-electron chi connectivity index (χ4n) is 2.44. The summed E-state index contributed by atoms with van der Waals surface area (Å²) in [6.45, 7) is 0. The Morgan fingerprint density at radius 3 is 2.76 bits per heavy atom. The summed E-state index contributed by atoms with van der Waals surface area (Å²) in [7, 11) is 0. The average molecular weight is 275 g/mol. The molecular formula is C17H13N3O. The first-order valence-electron chi connectivity index (χ1n) is 6.70. The molecule has 0 radical (unpaired) electrons. The van der Waals surface area contributed by atoms with Gasteiger partial charge in [0.1, 0.15) is 5.52 Å². The number of nitrogens with two attached hydrogens (primary N) is 1. The summed E-state index contributed by atoms with van der Waals surface area (Å²) in [6.07, 6.45) is 0. The van der Waals surface area contributed by atoms with Crippen LogP contribution in [0.3, 0.4) is 0 Å². The van der Waals surface area contributed by atoms with E-state index >= 15 is 0 Å². The molecule has 4 heteroatoms. The van der Waals surface area contributed by atoms with Gasteiger partial charge in [-0.05, 0) is 23.6 Å². The number of nitrogen functional groups attached to an aromatic ring is 1. The number of nitrogens with one attached hydrogen (secondary N) is 1. The molecule has 4 aromatic rings. The van der Waals surface area contributed by atoms with E-state index in [4.69, 9.17) is 10.2 Å². The molecule has 3 aromatic carbocycles. The van der Waals surface area contributed by atoms with Crippen LogP contribution in [-0.2, 0) is 0 Å². The van der Waals surface area contributed by atoms with Gasteiger partial charge in [-0.1, -0.05) is 36.4 Å². The summed E-state index contributed by atoms with van der Waals surface area (Å²) in [5.74, 6) is 0. The number of hydrogen-bond acceptors (Lipinski definition) is 4. The summed E-state index contributed by atoms with van der Waals surface area (Å²) in [6, 6.07) is 20.2. The maximum atomic E-state index is 5.75. The van der Waals surface area contributed by atoms with Crippen molar-refractivity contribution >= 4 is 39.3 Å². The Morgan fingerprint density at radius 2 is 1.81 bits per heavy atom. The molecule has 0 bridgehead atoms. The van der Waals surface area contributed by atoms with E-state index in [9.17, 15) is 0 Å². The lowest BCUT2D eigenvalue weighted by atomic mass is 10.1. The van der Waals surface area contributed by atoms with Gasteiger partial charge in [-0.25, -0.2) is 0 Å². The molecule has 21 heavy (non-hydrogen) atoms. The van der Waals surface area contributed by atoms with E-state index in [1.807, 2.05) is 36.4 Å². The number of rotatable bonds is 2. The van der Waals surface area contributed by atoms with Crippen molar-refractivity contribution in [2.75, 3.05) is 11.1 Å². The molecule has 4 nitrogen and oxygen atoms in total. The van der Waals surface area contributed by atoms with Gasteiger partial charge in [-0.15, -0.1) is 0 Å². The zero-order valence-electron chi connectivity index (χ0n) is 11.2. The Hall–Kier alpha value is -3.01. The third kappa shape index (κ3) is 2.07. The van der Waals surface area contributed by atoms with Gasteiger partial charge in [0.15, 0.2) is 5.58 Å². The molecule has 0 saturated carbocycles. The molecule has 0 saturated heterocycles. The second kappa shape index (κ2) is 4.52. The number of aromatic nitrogens is 1. The second-order valence-electron chi connectivity index (χ2n) is 4.90. The molecule has 0 atom stereocenters. The molecular weight excluding hydrogens is 262 g/mol. The summed E-state index contributed by atoms with van der Waals surface area (Å²) in [5, 5.41) is 5.53. The predicted octanol–water partition coefficient (Wildman–Crippen LogP) is 4.31. The van der Waals surface area contributed by atoms with E-state index in [1.165, 1.54) is 5.39 Å². The number of benzene rings is 3. The van der Waals surface area contributed by atoms with Crippen molar-refractivity contribution in [2.24, 2.45) is 0 Å². The quantitative estimate of drug-likeness (QED) is 0.535. The van der Waals surface area contributed by atoms with Crippen molar-refractivity contribution in [2.45, 2.75) is 0 Å². The SMILES string of the molecule is Nc1ccc2nc(Nc3cccc4ccccc34)oc2c1. The summed E-state index contributed by atoms with van der Waals surface area (Å²) >= 11 is 0. The standard InChI is InChI=1S/C17H13N3O/c18-12-8-9-15-16(10-12)21-17(20-15)19-14-7-3-5-11-4-1-2-6-13(11)14/h1-10H,18H2,(H,19,20). The van der Waals surface area contributed by atoms with Gasteiger partial charge in [0.25, 0.3) is 6.01 Å². The van der Waals surface area contributed by atoms with Crippen LogP contribution >= 0.6 is 0 Å². The Kier molecular flexibility index (Phi) is 2.54. The van der Waals surface area contributed by atoms with E-state index < -0.39 is 0 Å². The van der Waals surface area contributed by atoms with Crippen LogP contribution in [0.4, 0.5) is 17.4 Å². The van der Waals surface area contributed by atoms with Crippen LogP contribution in [0.5, 0.6) is 0 Å². The molecule has 3 N–H and O–H groups in total. The van der Waals surface area contributed by atoms with Crippen molar-refractivity contribution in [3.05, 3.63) is 60.7 Å². The van der Waals surface area contributed by atoms with Crippen molar-refractivity contribution in [3.63, 3.8) is 0 Å². The van der Waals surface area contributed by atoms with Crippen LogP contribution < -0.4 is 11.1 Å². The highest BCUT2D eigenvalue weighted by Gasteiger charge is 2.07. The fraction of sp³-hybridized carbons (Fsp3) is 0. The number of fused-ring (bicyclic) bond motifs is 2. The number of oxazole rings is 1. The third-order valence-electron chi connectivity index (χ3n) is 3.44. The molecule has 1 heterocycles. The van der Waals surface area contributed by atoms with Gasteiger partial charge in [0.05, 0.1) is 5.69 Å². The van der Waals surface area contributed by atoms with Crippen molar-refractivity contribution in [1.29, 1.82) is 0 Å². The lowest BCUT2D eigenvalue weighted by molar-refractivity contribution is 0.623. The fourth-order valence-corrected chi connectivity index (χ4v) is 2.44. The van der Waals surface area contributed by atoms with Gasteiger partial charge in [0.2, 0.25) is 0 Å². The van der Waals surface area contributed by atoms with E-state index in [-0.39, 0.29) is 0 Å². The Balaban J connectivity index is 1.79. The summed E-state index contributed by atoms with van der Waals surface area (Å²) in [5.41, 5.74) is 8.84. The Bertz CT molecular complexity index is 938. The first-order chi connectivity index (χ1) is 10.3. The summed E-state index contributed by atoms with van der Waals surface area (Å²) in [4.78, 5) is 4.42. The van der Waals surface area contributed by atoms with Crippen LogP contribution in [-0.4, -0.2) is 4.98 Å². The van der Waals surface area contributed by atoms with Crippen LogP contribution in [0.25, 0.3) is 21.9 Å². The minimum Gasteiger partial charge on any atom is -0.423 e. The average Bonchev–Trinajstić information content (AvgIpc) is 2.89. The lowest BCUT2D eigenvalue weighted by Crippen LogP contribution is -1.91. The highest BCUT2D eigenvalue weighted by molar-refractivity contribution is 5.95. The smallest absolute Gasteiger partial charge is 0.300 e. The van der Waals surface area contributed by atoms with Crippen molar-refractivity contribution < 1.29 is 4.42 Å². The van der Waals surface area contributed by atoms with E-state index in [0.29, 0.717) is 17.3 Å². The number of hydrogen-bond donors (Lipinski definition) is 2. The molecule has 0 fully saturated rings. The normalized spacial score (nSPS) is 11.0. The zero-order chi connectivity index (χ0) is 14.2. The number of nitrogens with zero attached hydrogens (tertiary/aromatic N) is 1. The molecule has 102 valence electrons. The van der Waals surface area contributed by atoms with Crippen LogP contribution in [0.2, 0.25) is 0 Å². The second-order valence-corrected chi connectivity index (χ2v) is 4.90. The summed E-state index contributed by atoms with van der Waals surface area (Å²) < 4.78 is 5.70. The zero-order valence-corrected chi connectivity index (χ0v) is 11.2. The molecule has 0 amide bonds. The van der Waals surface area contributed by atoms with Crippen molar-refractivity contribution in [3.8, 4) is 0 Å². The molecule has 0 aliphatic rings. The first kappa shape index (κ1) is 11.8. The highest BCUT2D eigenvalue weighted by atomic mass is 16.4. The molecule has 0 aliphatic carbocycles. The monoisotopic (exact) mass is 275 g/mol. The maximum absolute atomic E-state index is 5.75. The number of anilines is 3. The first-order valence-corrected chi connectivity index (χ1v) is 6.70. The molecule has 0 aliphatic heterocycles. The minimum atomic E-state index is 0.465. The molecule has 4 rings (SSSR count). The van der Waals surface area contributed by atoms with Crippen molar-refractivity contribution in [1.82, 2.24) is 4.98 Å². The van der Waals surface area contributed by atoms with Gasteiger partial charge in [-0.3, -0.25) is 0 Å². The van der Waals surface area contributed by atoms with Gasteiger partial charge in [0, 0.05) is 17.1 Å². The maximum Gasteiger partial charge on any atom is 0.300 e. The lowest BCUT2D eigenvalue weighted by Gasteiger charge is -2.05. The molecule has 1 aromatic heterocycles. The Labute approximate surface area is 121 Å². The Morgan fingerprint density at radius 1 is 0.952 bits per heavy atom. The largest absolute Gasteiger partial charge is 0.423 e. The van der Waals surface area contributed by atoms with Crippen LogP contribution in [0.15, 0.2) is 65.1 Å². The molecule has 0 unspecified atom stereocenters. The topological polar surface area (TPSA) is 64.1 Å². The van der Waals surface area contributed by atoms with E-state index in [1.54, 1.807) is 6.07 Å².